The smallest absolute Gasteiger partial charge is 0.222 e. The first kappa shape index (κ1) is 12.5. The Kier molecular flexibility index (Phi) is 3.60. The maximum Gasteiger partial charge on any atom is 0.222 e. The van der Waals surface area contributed by atoms with Crippen LogP contribution < -0.4 is 5.32 Å². The third kappa shape index (κ3) is 2.56. The molecule has 0 aromatic rings. The van der Waals surface area contributed by atoms with Crippen molar-refractivity contribution in [2.45, 2.75) is 51.4 Å². The highest BCUT2D eigenvalue weighted by molar-refractivity contribution is 5.76. The number of carbonyl (C=O) groups is 1. The Morgan fingerprint density at radius 2 is 2.00 bits per heavy atom. The zero-order valence-electron chi connectivity index (χ0n) is 11.4. The van der Waals surface area contributed by atoms with Crippen molar-refractivity contribution in [1.82, 2.24) is 10.2 Å². The van der Waals surface area contributed by atoms with Crippen LogP contribution >= 0.6 is 0 Å². The molecule has 3 heteroatoms. The maximum absolute atomic E-state index is 12.2. The Morgan fingerprint density at radius 3 is 2.67 bits per heavy atom. The Labute approximate surface area is 110 Å². The molecule has 2 heterocycles. The molecule has 1 spiro atoms. The van der Waals surface area contributed by atoms with Gasteiger partial charge in [0.05, 0.1) is 0 Å². The van der Waals surface area contributed by atoms with Gasteiger partial charge in [-0.1, -0.05) is 19.3 Å². The molecular weight excluding hydrogens is 224 g/mol. The summed E-state index contributed by atoms with van der Waals surface area (Å²) in [6, 6.07) is 0. The Bertz CT molecular complexity index is 306. The fraction of sp³-hybridized carbons (Fsp3) is 0.933. The van der Waals surface area contributed by atoms with Gasteiger partial charge in [-0.05, 0) is 50.1 Å². The number of hydrogen-bond acceptors (Lipinski definition) is 2. The average molecular weight is 250 g/mol. The van der Waals surface area contributed by atoms with Gasteiger partial charge in [0.25, 0.3) is 0 Å². The van der Waals surface area contributed by atoms with E-state index in [-0.39, 0.29) is 0 Å². The van der Waals surface area contributed by atoms with Gasteiger partial charge in [-0.3, -0.25) is 4.79 Å². The van der Waals surface area contributed by atoms with Crippen LogP contribution in [-0.2, 0) is 4.79 Å². The van der Waals surface area contributed by atoms with E-state index in [0.717, 1.165) is 44.9 Å². The highest BCUT2D eigenvalue weighted by atomic mass is 16.2. The molecule has 3 fully saturated rings. The zero-order valence-corrected chi connectivity index (χ0v) is 11.4. The predicted octanol–water partition coefficient (Wildman–Crippen LogP) is 2.17. The molecule has 3 rings (SSSR count). The maximum atomic E-state index is 12.2. The molecule has 0 aromatic carbocycles. The normalized spacial score (nSPS) is 27.4. The van der Waals surface area contributed by atoms with Gasteiger partial charge in [-0.2, -0.15) is 0 Å². The number of nitrogens with one attached hydrogen (secondary N) is 1. The second-order valence-corrected chi connectivity index (χ2v) is 6.65. The fourth-order valence-electron chi connectivity index (χ4n) is 3.78. The molecule has 18 heavy (non-hydrogen) atoms. The average Bonchev–Trinajstić information content (AvgIpc) is 2.72. The molecule has 0 atom stereocenters. The monoisotopic (exact) mass is 250 g/mol. The lowest BCUT2D eigenvalue weighted by molar-refractivity contribution is -0.131. The summed E-state index contributed by atoms with van der Waals surface area (Å²) in [5.41, 5.74) is 0.470. The minimum atomic E-state index is 0.428. The van der Waals surface area contributed by atoms with E-state index in [1.807, 2.05) is 0 Å². The van der Waals surface area contributed by atoms with E-state index in [2.05, 4.69) is 10.2 Å². The van der Waals surface area contributed by atoms with Crippen LogP contribution in [0.5, 0.6) is 0 Å². The molecule has 3 aliphatic rings. The van der Waals surface area contributed by atoms with Crippen LogP contribution in [0.1, 0.15) is 51.4 Å². The standard InChI is InChI=1S/C15H26N2O/c18-14(5-4-13-2-1-3-13)17-11-8-15(12-17)6-9-16-10-7-15/h13,16H,1-12H2. The minimum absolute atomic E-state index is 0.428. The van der Waals surface area contributed by atoms with Gasteiger partial charge >= 0.3 is 0 Å². The summed E-state index contributed by atoms with van der Waals surface area (Å²) >= 11 is 0. The first-order chi connectivity index (χ1) is 8.77. The van der Waals surface area contributed by atoms with Crippen molar-refractivity contribution in [3.05, 3.63) is 0 Å². The quantitative estimate of drug-likeness (QED) is 0.832. The van der Waals surface area contributed by atoms with Gasteiger partial charge in [0.2, 0.25) is 5.91 Å². The van der Waals surface area contributed by atoms with Gasteiger partial charge in [0.15, 0.2) is 0 Å². The molecule has 0 unspecified atom stereocenters. The van der Waals surface area contributed by atoms with Crippen LogP contribution in [-0.4, -0.2) is 37.0 Å². The van der Waals surface area contributed by atoms with Gasteiger partial charge in [-0.25, -0.2) is 0 Å². The molecule has 1 N–H and O–H groups in total. The van der Waals surface area contributed by atoms with Crippen molar-refractivity contribution in [2.75, 3.05) is 26.2 Å². The second-order valence-electron chi connectivity index (χ2n) is 6.65. The number of hydrogen-bond donors (Lipinski definition) is 1. The highest BCUT2D eigenvalue weighted by Crippen LogP contribution is 2.39. The van der Waals surface area contributed by atoms with Crippen LogP contribution in [0.25, 0.3) is 0 Å². The number of nitrogens with zero attached hydrogens (tertiary/aromatic N) is 1. The van der Waals surface area contributed by atoms with Crippen molar-refractivity contribution in [1.29, 1.82) is 0 Å². The predicted molar refractivity (Wildman–Crippen MR) is 72.3 cm³/mol. The number of piperidine rings is 1. The van der Waals surface area contributed by atoms with Gasteiger partial charge in [0, 0.05) is 19.5 Å². The van der Waals surface area contributed by atoms with Crippen molar-refractivity contribution >= 4 is 5.91 Å². The van der Waals surface area contributed by atoms with Crippen LogP contribution in [0.4, 0.5) is 0 Å². The van der Waals surface area contributed by atoms with E-state index in [1.54, 1.807) is 0 Å². The van der Waals surface area contributed by atoms with Crippen LogP contribution in [0.3, 0.4) is 0 Å². The van der Waals surface area contributed by atoms with Gasteiger partial charge < -0.3 is 10.2 Å². The molecule has 1 aliphatic carbocycles. The van der Waals surface area contributed by atoms with Gasteiger partial charge in [0.1, 0.15) is 0 Å². The molecule has 2 aliphatic heterocycles. The molecule has 1 saturated carbocycles. The molecule has 1 amide bonds. The van der Waals surface area contributed by atoms with Gasteiger partial charge in [-0.15, -0.1) is 0 Å². The van der Waals surface area contributed by atoms with E-state index < -0.39 is 0 Å². The molecule has 102 valence electrons. The van der Waals surface area contributed by atoms with Crippen molar-refractivity contribution in [3.63, 3.8) is 0 Å². The summed E-state index contributed by atoms with van der Waals surface area (Å²) in [4.78, 5) is 14.4. The lowest BCUT2D eigenvalue weighted by atomic mass is 9.78. The zero-order chi connectivity index (χ0) is 12.4. The summed E-state index contributed by atoms with van der Waals surface area (Å²) in [6.45, 7) is 4.34. The Morgan fingerprint density at radius 1 is 1.22 bits per heavy atom. The summed E-state index contributed by atoms with van der Waals surface area (Å²) in [6.07, 6.45) is 9.83. The lowest BCUT2D eigenvalue weighted by Gasteiger charge is -2.33. The lowest BCUT2D eigenvalue weighted by Crippen LogP contribution is -2.39. The largest absolute Gasteiger partial charge is 0.342 e. The molecule has 0 bridgehead atoms. The topological polar surface area (TPSA) is 32.3 Å². The molecular formula is C15H26N2O. The van der Waals surface area contributed by atoms with E-state index in [4.69, 9.17) is 0 Å². The van der Waals surface area contributed by atoms with Crippen LogP contribution in [0, 0.1) is 11.3 Å². The van der Waals surface area contributed by atoms with E-state index in [1.165, 1.54) is 38.5 Å². The first-order valence-corrected chi connectivity index (χ1v) is 7.76. The van der Waals surface area contributed by atoms with Crippen molar-refractivity contribution in [2.24, 2.45) is 11.3 Å². The summed E-state index contributed by atoms with van der Waals surface area (Å²) in [7, 11) is 0. The fourth-order valence-corrected chi connectivity index (χ4v) is 3.78. The number of rotatable bonds is 3. The van der Waals surface area contributed by atoms with Crippen LogP contribution in [0.2, 0.25) is 0 Å². The summed E-state index contributed by atoms with van der Waals surface area (Å²) < 4.78 is 0. The highest BCUT2D eigenvalue weighted by Gasteiger charge is 2.40. The molecule has 3 nitrogen and oxygen atoms in total. The summed E-state index contributed by atoms with van der Waals surface area (Å²) in [5, 5.41) is 3.43. The van der Waals surface area contributed by atoms with Crippen molar-refractivity contribution in [3.8, 4) is 0 Å². The minimum Gasteiger partial charge on any atom is -0.342 e. The number of carbonyl (C=O) groups excluding carboxylic acids is 1. The Hall–Kier alpha value is -0.570. The van der Waals surface area contributed by atoms with Crippen LogP contribution in [0.15, 0.2) is 0 Å². The summed E-state index contributed by atoms with van der Waals surface area (Å²) in [5.74, 6) is 1.29. The number of likely N-dealkylation sites (tertiary alicyclic amines) is 1. The Balaban J connectivity index is 1.46. The second kappa shape index (κ2) is 5.20. The number of amides is 1. The third-order valence-corrected chi connectivity index (χ3v) is 5.45. The van der Waals surface area contributed by atoms with Crippen molar-refractivity contribution < 1.29 is 4.79 Å². The molecule has 0 radical (unpaired) electrons. The van der Waals surface area contributed by atoms with E-state index >= 15 is 0 Å². The van der Waals surface area contributed by atoms with E-state index in [9.17, 15) is 4.79 Å². The SMILES string of the molecule is O=C(CCC1CCC1)N1CCC2(CCNCC2)C1. The van der Waals surface area contributed by atoms with E-state index in [0.29, 0.717) is 11.3 Å². The third-order valence-electron chi connectivity index (χ3n) is 5.45. The molecule has 2 saturated heterocycles. The first-order valence-electron chi connectivity index (χ1n) is 7.76. The molecule has 0 aromatic heterocycles.